The molecule has 0 radical (unpaired) electrons. The molecule has 1 aliphatic heterocycles. The summed E-state index contributed by atoms with van der Waals surface area (Å²) in [6.07, 6.45) is 4.17. The fourth-order valence-corrected chi connectivity index (χ4v) is 3.35. The van der Waals surface area contributed by atoms with E-state index in [1.165, 1.54) is 35.0 Å². The number of likely N-dealkylation sites (tertiary alicyclic amines) is 1. The molecule has 1 aromatic heterocycles. The summed E-state index contributed by atoms with van der Waals surface area (Å²) in [7, 11) is 1.42. The highest BCUT2D eigenvalue weighted by Crippen LogP contribution is 2.21. The first-order valence-corrected chi connectivity index (χ1v) is 8.57. The zero-order valence-corrected chi connectivity index (χ0v) is 14.6. The molecule has 1 aromatic carbocycles. The van der Waals surface area contributed by atoms with E-state index < -0.39 is 5.69 Å². The van der Waals surface area contributed by atoms with E-state index in [0.717, 1.165) is 30.4 Å². The van der Waals surface area contributed by atoms with Gasteiger partial charge in [0.1, 0.15) is 6.54 Å². The minimum atomic E-state index is -0.463. The molecule has 2 heterocycles. The lowest BCUT2D eigenvalue weighted by molar-refractivity contribution is -0.132. The number of benzene rings is 1. The summed E-state index contributed by atoms with van der Waals surface area (Å²) in [5.74, 6) is -0.0737. The minimum absolute atomic E-state index is 0.0304. The normalized spacial score (nSPS) is 17.0. The van der Waals surface area contributed by atoms with Crippen LogP contribution in [0.25, 0.3) is 0 Å². The van der Waals surface area contributed by atoms with Crippen molar-refractivity contribution in [3.8, 4) is 0 Å². The van der Waals surface area contributed by atoms with Crippen molar-refractivity contribution in [2.45, 2.75) is 38.8 Å². The van der Waals surface area contributed by atoms with E-state index in [1.807, 2.05) is 4.90 Å². The number of amides is 1. The Kier molecular flexibility index (Phi) is 4.88. The van der Waals surface area contributed by atoms with Crippen molar-refractivity contribution in [2.75, 3.05) is 6.54 Å². The molecule has 25 heavy (non-hydrogen) atoms. The molecule has 2 aromatic rings. The fraction of sp³-hybridized carbons (Fsp3) is 0.421. The Labute approximate surface area is 146 Å². The molecule has 0 aliphatic carbocycles. The molecule has 1 saturated heterocycles. The van der Waals surface area contributed by atoms with Gasteiger partial charge in [-0.2, -0.15) is 0 Å². The number of aromatic nitrogens is 2. The molecule has 1 atom stereocenters. The zero-order chi connectivity index (χ0) is 18.0. The van der Waals surface area contributed by atoms with Crippen molar-refractivity contribution in [1.82, 2.24) is 14.0 Å². The Morgan fingerprint density at radius 1 is 1.16 bits per heavy atom. The Bertz CT molecular complexity index is 880. The highest BCUT2D eigenvalue weighted by molar-refractivity contribution is 5.76. The summed E-state index contributed by atoms with van der Waals surface area (Å²) in [5, 5.41) is 0. The average molecular weight is 341 g/mol. The highest BCUT2D eigenvalue weighted by atomic mass is 16.2. The molecular weight excluding hydrogens is 318 g/mol. The Balaban J connectivity index is 1.72. The Morgan fingerprint density at radius 3 is 2.60 bits per heavy atom. The molecular formula is C19H23N3O3. The summed E-state index contributed by atoms with van der Waals surface area (Å²) in [6.45, 7) is 2.74. The van der Waals surface area contributed by atoms with Crippen molar-refractivity contribution >= 4 is 5.91 Å². The van der Waals surface area contributed by atoms with Gasteiger partial charge in [-0.3, -0.25) is 18.7 Å². The molecule has 0 spiro atoms. The summed E-state index contributed by atoms with van der Waals surface area (Å²) in [4.78, 5) is 38.1. The lowest BCUT2D eigenvalue weighted by Gasteiger charge is -2.25. The van der Waals surface area contributed by atoms with E-state index in [0.29, 0.717) is 0 Å². The van der Waals surface area contributed by atoms with Crippen LogP contribution < -0.4 is 11.2 Å². The van der Waals surface area contributed by atoms with Gasteiger partial charge in [0.2, 0.25) is 5.91 Å². The summed E-state index contributed by atoms with van der Waals surface area (Å²) < 4.78 is 2.31. The number of aryl methyl sites for hydroxylation is 1. The predicted octanol–water partition coefficient (Wildman–Crippen LogP) is 1.09. The number of nitrogens with zero attached hydrogens (tertiary/aromatic N) is 3. The maximum absolute atomic E-state index is 12.7. The van der Waals surface area contributed by atoms with Crippen LogP contribution in [0.4, 0.5) is 0 Å². The zero-order valence-electron chi connectivity index (χ0n) is 14.6. The van der Waals surface area contributed by atoms with Gasteiger partial charge in [-0.15, -0.1) is 0 Å². The van der Waals surface area contributed by atoms with Crippen molar-refractivity contribution in [3.63, 3.8) is 0 Å². The van der Waals surface area contributed by atoms with Crippen molar-refractivity contribution < 1.29 is 4.79 Å². The van der Waals surface area contributed by atoms with Crippen LogP contribution in [-0.2, 0) is 24.8 Å². The number of hydrogen-bond donors (Lipinski definition) is 0. The van der Waals surface area contributed by atoms with Crippen LogP contribution in [-0.4, -0.2) is 32.5 Å². The van der Waals surface area contributed by atoms with Gasteiger partial charge in [0.15, 0.2) is 0 Å². The first-order valence-electron chi connectivity index (χ1n) is 8.57. The maximum Gasteiger partial charge on any atom is 0.331 e. The van der Waals surface area contributed by atoms with Crippen LogP contribution >= 0.6 is 0 Å². The topological polar surface area (TPSA) is 64.3 Å². The lowest BCUT2D eigenvalue weighted by atomic mass is 10.0. The van der Waals surface area contributed by atoms with Gasteiger partial charge < -0.3 is 4.90 Å². The number of carbonyl (C=O) groups is 1. The minimum Gasteiger partial charge on any atom is -0.338 e. The maximum atomic E-state index is 12.7. The second-order valence-electron chi connectivity index (χ2n) is 6.70. The van der Waals surface area contributed by atoms with E-state index in [9.17, 15) is 14.4 Å². The van der Waals surface area contributed by atoms with Crippen LogP contribution in [0, 0.1) is 6.92 Å². The molecule has 1 amide bonds. The average Bonchev–Trinajstić information content (AvgIpc) is 3.06. The van der Waals surface area contributed by atoms with Gasteiger partial charge in [-0.05, 0) is 31.7 Å². The van der Waals surface area contributed by atoms with Crippen LogP contribution in [0.1, 0.15) is 24.0 Å². The smallest absolute Gasteiger partial charge is 0.331 e. The molecule has 1 fully saturated rings. The third kappa shape index (κ3) is 3.73. The van der Waals surface area contributed by atoms with E-state index >= 15 is 0 Å². The van der Waals surface area contributed by atoms with Gasteiger partial charge in [0.05, 0.1) is 0 Å². The molecule has 3 rings (SSSR count). The molecule has 6 heteroatoms. The number of rotatable bonds is 4. The third-order valence-corrected chi connectivity index (χ3v) is 4.86. The van der Waals surface area contributed by atoms with E-state index in [2.05, 4.69) is 31.2 Å². The largest absolute Gasteiger partial charge is 0.338 e. The molecule has 6 nitrogen and oxygen atoms in total. The van der Waals surface area contributed by atoms with Gasteiger partial charge in [0, 0.05) is 31.9 Å². The van der Waals surface area contributed by atoms with Crippen molar-refractivity contribution in [3.05, 3.63) is 68.5 Å². The second-order valence-corrected chi connectivity index (χ2v) is 6.70. The molecule has 0 bridgehead atoms. The molecule has 1 aliphatic rings. The Morgan fingerprint density at radius 2 is 1.88 bits per heavy atom. The van der Waals surface area contributed by atoms with Gasteiger partial charge >= 0.3 is 5.69 Å². The second kappa shape index (κ2) is 7.09. The SMILES string of the molecule is Cc1ccc(CC2CCCN2C(=O)Cn2ccc(=O)n(C)c2=O)cc1. The van der Waals surface area contributed by atoms with Crippen LogP contribution in [0.15, 0.2) is 46.1 Å². The van der Waals surface area contributed by atoms with Crippen molar-refractivity contribution in [1.29, 1.82) is 0 Å². The number of carbonyl (C=O) groups excluding carboxylic acids is 1. The highest BCUT2D eigenvalue weighted by Gasteiger charge is 2.28. The molecule has 132 valence electrons. The molecule has 0 saturated carbocycles. The van der Waals surface area contributed by atoms with Crippen LogP contribution in [0.2, 0.25) is 0 Å². The van der Waals surface area contributed by atoms with E-state index in [4.69, 9.17) is 0 Å². The van der Waals surface area contributed by atoms with Gasteiger partial charge in [-0.25, -0.2) is 4.79 Å². The monoisotopic (exact) mass is 341 g/mol. The first-order chi connectivity index (χ1) is 12.0. The van der Waals surface area contributed by atoms with E-state index in [1.54, 1.807) is 0 Å². The van der Waals surface area contributed by atoms with Gasteiger partial charge in [-0.1, -0.05) is 29.8 Å². The third-order valence-electron chi connectivity index (χ3n) is 4.86. The van der Waals surface area contributed by atoms with Crippen LogP contribution in [0.3, 0.4) is 0 Å². The summed E-state index contributed by atoms with van der Waals surface area (Å²) >= 11 is 0. The predicted molar refractivity (Wildman–Crippen MR) is 95.6 cm³/mol. The molecule has 1 unspecified atom stereocenters. The fourth-order valence-electron chi connectivity index (χ4n) is 3.35. The van der Waals surface area contributed by atoms with Gasteiger partial charge in [0.25, 0.3) is 5.56 Å². The summed E-state index contributed by atoms with van der Waals surface area (Å²) in [6, 6.07) is 9.85. The first kappa shape index (κ1) is 17.2. The quantitative estimate of drug-likeness (QED) is 0.836. The standard InChI is InChI=1S/C19H23N3O3/c1-14-5-7-15(8-6-14)12-16-4-3-10-22(16)18(24)13-21-11-9-17(23)20(2)19(21)25/h5-9,11,16H,3-4,10,12-13H2,1-2H3. The number of hydrogen-bond acceptors (Lipinski definition) is 3. The molecule has 0 N–H and O–H groups in total. The lowest BCUT2D eigenvalue weighted by Crippen LogP contribution is -2.43. The van der Waals surface area contributed by atoms with E-state index in [-0.39, 0.29) is 24.1 Å². The Hall–Kier alpha value is -2.63. The van der Waals surface area contributed by atoms with Crippen LogP contribution in [0.5, 0.6) is 0 Å². The van der Waals surface area contributed by atoms with Crippen molar-refractivity contribution in [2.24, 2.45) is 7.05 Å². The summed E-state index contributed by atoms with van der Waals surface area (Å²) in [5.41, 5.74) is 1.61.